The first-order chi connectivity index (χ1) is 15.5. The number of carbonyl (C=O) groups excluding carboxylic acids is 1. The lowest BCUT2D eigenvalue weighted by Gasteiger charge is -2.12. The topological polar surface area (TPSA) is 61.4 Å². The lowest BCUT2D eigenvalue weighted by Crippen LogP contribution is -2.28. The molecule has 0 bridgehead atoms. The second-order valence-corrected chi connectivity index (χ2v) is 8.56. The molecule has 0 saturated carbocycles. The summed E-state index contributed by atoms with van der Waals surface area (Å²) >= 11 is 1.32. The van der Waals surface area contributed by atoms with Crippen LogP contribution in [0.5, 0.6) is 0 Å². The van der Waals surface area contributed by atoms with E-state index in [9.17, 15) is 4.79 Å². The number of rotatable bonds is 6. The first-order valence-electron chi connectivity index (χ1n) is 10.2. The van der Waals surface area contributed by atoms with Crippen molar-refractivity contribution in [3.8, 4) is 0 Å². The molecule has 1 saturated heterocycles. The molecular weight excluding hydrogens is 420 g/mol. The van der Waals surface area contributed by atoms with Crippen molar-refractivity contribution in [1.82, 2.24) is 4.90 Å². The number of anilines is 1. The number of hydrogen-bond donors (Lipinski definition) is 0. The molecule has 2 aromatic carbocycles. The summed E-state index contributed by atoms with van der Waals surface area (Å²) in [5.41, 5.74) is 4.16. The van der Waals surface area contributed by atoms with Gasteiger partial charge in [-0.1, -0.05) is 36.4 Å². The van der Waals surface area contributed by atoms with Crippen LogP contribution in [0, 0.1) is 6.92 Å². The molecule has 0 radical (unpaired) electrons. The van der Waals surface area contributed by atoms with E-state index in [0.717, 1.165) is 22.4 Å². The van der Waals surface area contributed by atoms with Gasteiger partial charge >= 0.3 is 0 Å². The van der Waals surface area contributed by atoms with Crippen molar-refractivity contribution in [1.29, 1.82) is 0 Å². The van der Waals surface area contributed by atoms with E-state index in [0.29, 0.717) is 22.4 Å². The fourth-order valence-corrected chi connectivity index (χ4v) is 4.10. The summed E-state index contributed by atoms with van der Waals surface area (Å²) in [5, 5.41) is 9.13. The van der Waals surface area contributed by atoms with Crippen molar-refractivity contribution >= 4 is 40.8 Å². The monoisotopic (exact) mass is 444 g/mol. The molecule has 6 nitrogen and oxygen atoms in total. The third-order valence-corrected chi connectivity index (χ3v) is 6.01. The minimum absolute atomic E-state index is 0.112. The molecule has 0 spiro atoms. The van der Waals surface area contributed by atoms with Gasteiger partial charge in [0.15, 0.2) is 5.17 Å². The van der Waals surface area contributed by atoms with E-state index in [1.54, 1.807) is 23.4 Å². The van der Waals surface area contributed by atoms with Crippen molar-refractivity contribution < 1.29 is 9.21 Å². The Morgan fingerprint density at radius 2 is 1.84 bits per heavy atom. The molecule has 162 valence electrons. The van der Waals surface area contributed by atoms with Crippen LogP contribution in [0.25, 0.3) is 6.08 Å². The number of carbonyl (C=O) groups is 1. The number of furan rings is 1. The predicted molar refractivity (Wildman–Crippen MR) is 132 cm³/mol. The summed E-state index contributed by atoms with van der Waals surface area (Å²) in [6, 6.07) is 19.6. The summed E-state index contributed by atoms with van der Waals surface area (Å²) in [7, 11) is 4.00. The van der Waals surface area contributed by atoms with E-state index in [-0.39, 0.29) is 5.91 Å². The quantitative estimate of drug-likeness (QED) is 0.299. The Hall–Kier alpha value is -3.58. The summed E-state index contributed by atoms with van der Waals surface area (Å²) in [5.74, 6) is 0.575. The van der Waals surface area contributed by atoms with Crippen molar-refractivity contribution in [2.45, 2.75) is 13.5 Å². The smallest absolute Gasteiger partial charge is 0.267 e. The molecule has 0 aliphatic carbocycles. The first kappa shape index (κ1) is 21.6. The Morgan fingerprint density at radius 1 is 1.06 bits per heavy atom. The van der Waals surface area contributed by atoms with Crippen LogP contribution >= 0.6 is 11.8 Å². The number of aryl methyl sites for hydroxylation is 1. The Morgan fingerprint density at radius 3 is 2.53 bits per heavy atom. The largest absolute Gasteiger partial charge is 0.467 e. The summed E-state index contributed by atoms with van der Waals surface area (Å²) in [6.07, 6.45) is 5.19. The second-order valence-electron chi connectivity index (χ2n) is 7.55. The van der Waals surface area contributed by atoms with E-state index >= 15 is 0 Å². The van der Waals surface area contributed by atoms with Crippen molar-refractivity contribution in [2.75, 3.05) is 19.0 Å². The molecule has 1 aliphatic heterocycles. The van der Waals surface area contributed by atoms with Gasteiger partial charge in [0.05, 0.1) is 23.9 Å². The Labute approximate surface area is 191 Å². The molecule has 4 rings (SSSR count). The summed E-state index contributed by atoms with van der Waals surface area (Å²) in [4.78, 5) is 17.4. The van der Waals surface area contributed by atoms with Crippen LogP contribution in [0.1, 0.15) is 22.5 Å². The molecule has 2 heterocycles. The van der Waals surface area contributed by atoms with Crippen LogP contribution in [0.4, 0.5) is 5.69 Å². The maximum absolute atomic E-state index is 13.2. The molecule has 1 amide bonds. The van der Waals surface area contributed by atoms with Crippen molar-refractivity contribution in [3.63, 3.8) is 0 Å². The van der Waals surface area contributed by atoms with E-state index in [1.807, 2.05) is 86.6 Å². The number of nitrogens with zero attached hydrogens (tertiary/aromatic N) is 4. The average molecular weight is 445 g/mol. The summed E-state index contributed by atoms with van der Waals surface area (Å²) in [6.45, 7) is 2.33. The zero-order valence-electron chi connectivity index (χ0n) is 18.2. The minimum Gasteiger partial charge on any atom is -0.467 e. The number of hydrogen-bond acceptors (Lipinski definition) is 6. The zero-order chi connectivity index (χ0) is 22.5. The van der Waals surface area contributed by atoms with Gasteiger partial charge in [0.25, 0.3) is 5.91 Å². The van der Waals surface area contributed by atoms with E-state index in [1.165, 1.54) is 11.8 Å². The highest BCUT2D eigenvalue weighted by Gasteiger charge is 2.34. The lowest BCUT2D eigenvalue weighted by atomic mass is 10.1. The van der Waals surface area contributed by atoms with E-state index in [4.69, 9.17) is 4.42 Å². The van der Waals surface area contributed by atoms with Crippen LogP contribution in [-0.4, -0.2) is 36.3 Å². The average Bonchev–Trinajstić information content (AvgIpc) is 3.40. The van der Waals surface area contributed by atoms with Gasteiger partial charge in [0, 0.05) is 19.8 Å². The molecule has 1 aliphatic rings. The second kappa shape index (κ2) is 9.70. The van der Waals surface area contributed by atoms with Crippen molar-refractivity contribution in [3.05, 3.63) is 94.3 Å². The van der Waals surface area contributed by atoms with Gasteiger partial charge in [0.1, 0.15) is 5.76 Å². The van der Waals surface area contributed by atoms with Crippen LogP contribution in [0.3, 0.4) is 0 Å². The lowest BCUT2D eigenvalue weighted by molar-refractivity contribution is -0.122. The van der Waals surface area contributed by atoms with Gasteiger partial charge in [-0.3, -0.25) is 9.69 Å². The summed E-state index contributed by atoms with van der Waals surface area (Å²) < 4.78 is 5.45. The number of amides is 1. The van der Waals surface area contributed by atoms with Gasteiger partial charge in [-0.2, -0.15) is 5.10 Å². The van der Waals surface area contributed by atoms with E-state index in [2.05, 4.69) is 10.2 Å². The zero-order valence-corrected chi connectivity index (χ0v) is 19.0. The highest BCUT2D eigenvalue weighted by Crippen LogP contribution is 2.34. The van der Waals surface area contributed by atoms with E-state index < -0.39 is 0 Å². The van der Waals surface area contributed by atoms with Gasteiger partial charge in [-0.25, -0.2) is 0 Å². The van der Waals surface area contributed by atoms with Gasteiger partial charge < -0.3 is 9.32 Å². The van der Waals surface area contributed by atoms with Crippen LogP contribution < -0.4 is 4.90 Å². The highest BCUT2D eigenvalue weighted by molar-refractivity contribution is 8.18. The van der Waals surface area contributed by atoms with Crippen molar-refractivity contribution in [2.24, 2.45) is 10.2 Å². The predicted octanol–water partition coefficient (Wildman–Crippen LogP) is 5.16. The SMILES string of the molecule is Cc1ccccc1/C=C1\S/C(=N/N=C\c2ccc(N(C)C)cc2)N(Cc2ccco2)C1=O. The molecule has 7 heteroatoms. The Kier molecular flexibility index (Phi) is 6.56. The molecule has 0 atom stereocenters. The molecule has 3 aromatic rings. The third kappa shape index (κ3) is 5.00. The van der Waals surface area contributed by atoms with Gasteiger partial charge in [-0.15, -0.1) is 5.10 Å². The number of thioether (sulfide) groups is 1. The minimum atomic E-state index is -0.112. The van der Waals surface area contributed by atoms with Crippen LogP contribution in [0.2, 0.25) is 0 Å². The first-order valence-corrected chi connectivity index (χ1v) is 11.0. The van der Waals surface area contributed by atoms with Crippen LogP contribution in [0.15, 0.2) is 86.5 Å². The maximum Gasteiger partial charge on any atom is 0.267 e. The van der Waals surface area contributed by atoms with Gasteiger partial charge in [-0.05, 0) is 65.7 Å². The molecule has 1 aromatic heterocycles. The number of amidine groups is 1. The fourth-order valence-electron chi connectivity index (χ4n) is 3.17. The molecule has 1 fully saturated rings. The molecular formula is C25H24N4O2S. The standard InChI is InChI=1S/C25H24N4O2S/c1-18-7-4-5-8-20(18)15-23-24(30)29(17-22-9-6-14-31-22)25(32-23)27-26-16-19-10-12-21(13-11-19)28(2)3/h4-16H,17H2,1-3H3/b23-15-,26-16-,27-25+. The Balaban J connectivity index is 1.60. The molecule has 0 unspecified atom stereocenters. The highest BCUT2D eigenvalue weighted by atomic mass is 32.2. The van der Waals surface area contributed by atoms with Gasteiger partial charge in [0.2, 0.25) is 0 Å². The van der Waals surface area contributed by atoms with Crippen LogP contribution in [-0.2, 0) is 11.3 Å². The normalized spacial score (nSPS) is 16.6. The number of benzene rings is 2. The fraction of sp³-hybridized carbons (Fsp3) is 0.160. The molecule has 0 N–H and O–H groups in total. The third-order valence-electron chi connectivity index (χ3n) is 5.02. The Bertz CT molecular complexity index is 1180. The molecule has 32 heavy (non-hydrogen) atoms. The maximum atomic E-state index is 13.2.